The number of nitrogens with two attached hydrogens (primary N) is 1. The smallest absolute Gasteiger partial charge is 0.227 e. The summed E-state index contributed by atoms with van der Waals surface area (Å²) in [4.78, 5) is 4.88. The molecule has 0 radical (unpaired) electrons. The molecule has 0 aliphatic heterocycles. The lowest BCUT2D eigenvalue weighted by atomic mass is 10.1. The third-order valence-electron chi connectivity index (χ3n) is 1.12. The normalized spacial score (nSPS) is 9.82. The summed E-state index contributed by atoms with van der Waals surface area (Å²) in [6.07, 6.45) is 0.963. The molecule has 0 aromatic carbocycles. The number of nitrogens with one attached hydrogen (secondary N) is 3. The molecule has 0 heterocycles. The van der Waals surface area contributed by atoms with E-state index in [0.717, 1.165) is 6.42 Å². The molecule has 5 heteroatoms. The Hall–Kier alpha value is -0.810. The minimum atomic E-state index is -0.0336. The Kier molecular flexibility index (Phi) is 5.50. The first kappa shape index (κ1) is 10.2. The van der Waals surface area contributed by atoms with Crippen molar-refractivity contribution in [3.8, 4) is 0 Å². The van der Waals surface area contributed by atoms with Crippen molar-refractivity contribution in [3.63, 3.8) is 0 Å². The third-order valence-corrected chi connectivity index (χ3v) is 1.12. The summed E-state index contributed by atoms with van der Waals surface area (Å²) in [7, 11) is 0. The highest BCUT2D eigenvalue weighted by atomic mass is 16.6. The minimum absolute atomic E-state index is 0.0336. The molecule has 0 unspecified atom stereocenters. The zero-order valence-corrected chi connectivity index (χ0v) is 6.98. The molecule has 0 bridgehead atoms. The monoisotopic (exact) mass is 160 g/mol. The summed E-state index contributed by atoms with van der Waals surface area (Å²) >= 11 is 0. The molecule has 0 saturated carbocycles. The molecule has 0 aromatic heterocycles. The molecule has 66 valence electrons. The van der Waals surface area contributed by atoms with Crippen LogP contribution in [-0.2, 0) is 4.84 Å². The van der Waals surface area contributed by atoms with E-state index in [4.69, 9.17) is 16.1 Å². The van der Waals surface area contributed by atoms with Gasteiger partial charge in [0.15, 0.2) is 0 Å². The zero-order valence-electron chi connectivity index (χ0n) is 6.98. The van der Waals surface area contributed by atoms with E-state index < -0.39 is 0 Å². The molecule has 0 rings (SSSR count). The van der Waals surface area contributed by atoms with Gasteiger partial charge in [-0.25, -0.2) is 11.3 Å². The number of hydrogen-bond donors (Lipinski definition) is 4. The van der Waals surface area contributed by atoms with Crippen molar-refractivity contribution >= 4 is 5.96 Å². The van der Waals surface area contributed by atoms with Crippen LogP contribution in [0.4, 0.5) is 0 Å². The molecule has 5 nitrogen and oxygen atoms in total. The Morgan fingerprint density at radius 1 is 1.64 bits per heavy atom. The van der Waals surface area contributed by atoms with Crippen LogP contribution in [0.2, 0.25) is 0 Å². The van der Waals surface area contributed by atoms with Gasteiger partial charge in [0, 0.05) is 0 Å². The van der Waals surface area contributed by atoms with Crippen molar-refractivity contribution in [1.82, 2.24) is 10.9 Å². The predicted molar refractivity (Wildman–Crippen MR) is 43.6 cm³/mol. The number of hydroxylamine groups is 1. The van der Waals surface area contributed by atoms with Crippen molar-refractivity contribution in [2.75, 3.05) is 6.61 Å². The van der Waals surface area contributed by atoms with Crippen molar-refractivity contribution in [2.45, 2.75) is 20.3 Å². The highest BCUT2D eigenvalue weighted by Gasteiger charge is 1.94. The van der Waals surface area contributed by atoms with Crippen LogP contribution in [0.5, 0.6) is 0 Å². The maximum Gasteiger partial charge on any atom is 0.227 e. The standard InChI is InChI=1S/C6H16N4O/c1-5(2)3-4-11-10-6(7)9-8/h5H,3-4,8H2,1-2H3,(H3,7,9,10). The van der Waals surface area contributed by atoms with Crippen molar-refractivity contribution < 1.29 is 4.84 Å². The van der Waals surface area contributed by atoms with Gasteiger partial charge in [0.05, 0.1) is 6.61 Å². The van der Waals surface area contributed by atoms with Gasteiger partial charge in [-0.15, -0.1) is 0 Å². The minimum Gasteiger partial charge on any atom is -0.293 e. The van der Waals surface area contributed by atoms with Gasteiger partial charge in [-0.2, -0.15) is 0 Å². The van der Waals surface area contributed by atoms with E-state index in [1.54, 1.807) is 0 Å². The predicted octanol–water partition coefficient (Wildman–Crippen LogP) is -0.0482. The molecule has 0 aliphatic carbocycles. The molecule has 0 aliphatic rings. The lowest BCUT2D eigenvalue weighted by Crippen LogP contribution is -2.40. The second-order valence-electron chi connectivity index (χ2n) is 2.65. The Balaban J connectivity index is 3.08. The highest BCUT2D eigenvalue weighted by Crippen LogP contribution is 1.97. The second kappa shape index (κ2) is 5.94. The molecular weight excluding hydrogens is 144 g/mol. The fraction of sp³-hybridized carbons (Fsp3) is 0.833. The van der Waals surface area contributed by atoms with Crippen LogP contribution in [-0.4, -0.2) is 12.6 Å². The average Bonchev–Trinajstić information content (AvgIpc) is 1.97. The first-order valence-corrected chi connectivity index (χ1v) is 3.59. The van der Waals surface area contributed by atoms with Crippen LogP contribution in [0.15, 0.2) is 0 Å². The molecule has 0 saturated heterocycles. The SMILES string of the molecule is CC(C)CCONC(=N)NN. The molecule has 0 spiro atoms. The lowest BCUT2D eigenvalue weighted by Gasteiger charge is -2.07. The van der Waals surface area contributed by atoms with E-state index in [1.165, 1.54) is 0 Å². The van der Waals surface area contributed by atoms with E-state index in [2.05, 4.69) is 24.8 Å². The maximum absolute atomic E-state index is 6.95. The van der Waals surface area contributed by atoms with Crippen LogP contribution in [0.25, 0.3) is 0 Å². The fourth-order valence-corrected chi connectivity index (χ4v) is 0.447. The summed E-state index contributed by atoms with van der Waals surface area (Å²) in [5, 5.41) is 6.95. The van der Waals surface area contributed by atoms with E-state index >= 15 is 0 Å². The Labute approximate surface area is 66.7 Å². The fourth-order valence-electron chi connectivity index (χ4n) is 0.447. The van der Waals surface area contributed by atoms with Crippen LogP contribution in [0, 0.1) is 11.3 Å². The van der Waals surface area contributed by atoms with E-state index in [0.29, 0.717) is 12.5 Å². The quantitative estimate of drug-likeness (QED) is 0.153. The van der Waals surface area contributed by atoms with Gasteiger partial charge in [-0.1, -0.05) is 13.8 Å². The summed E-state index contributed by atoms with van der Waals surface area (Å²) in [6.45, 7) is 4.80. The van der Waals surface area contributed by atoms with Gasteiger partial charge in [0.25, 0.3) is 0 Å². The first-order valence-electron chi connectivity index (χ1n) is 3.59. The summed E-state index contributed by atoms with van der Waals surface area (Å²) in [5.41, 5.74) is 4.44. The molecule has 0 atom stereocenters. The molecule has 5 N–H and O–H groups in total. The van der Waals surface area contributed by atoms with Gasteiger partial charge >= 0.3 is 0 Å². The number of hydrazine groups is 1. The van der Waals surface area contributed by atoms with E-state index in [1.807, 2.05) is 0 Å². The Morgan fingerprint density at radius 3 is 2.73 bits per heavy atom. The second-order valence-corrected chi connectivity index (χ2v) is 2.65. The average molecular weight is 160 g/mol. The topological polar surface area (TPSA) is 83.2 Å². The van der Waals surface area contributed by atoms with Gasteiger partial charge < -0.3 is 0 Å². The van der Waals surface area contributed by atoms with Gasteiger partial charge in [-0.3, -0.25) is 15.7 Å². The molecule has 11 heavy (non-hydrogen) atoms. The van der Waals surface area contributed by atoms with E-state index in [9.17, 15) is 0 Å². The molecular formula is C6H16N4O. The Morgan fingerprint density at radius 2 is 2.27 bits per heavy atom. The number of guanidine groups is 1. The van der Waals surface area contributed by atoms with Crippen LogP contribution in [0.1, 0.15) is 20.3 Å². The Bertz CT molecular complexity index is 115. The number of rotatable bonds is 4. The van der Waals surface area contributed by atoms with Gasteiger partial charge in [-0.05, 0) is 12.3 Å². The molecule has 0 amide bonds. The van der Waals surface area contributed by atoms with E-state index in [-0.39, 0.29) is 5.96 Å². The van der Waals surface area contributed by atoms with Crippen molar-refractivity contribution in [1.29, 1.82) is 5.41 Å². The summed E-state index contributed by atoms with van der Waals surface area (Å²) in [5.74, 6) is 5.47. The van der Waals surface area contributed by atoms with Gasteiger partial charge in [0.1, 0.15) is 0 Å². The zero-order chi connectivity index (χ0) is 8.69. The largest absolute Gasteiger partial charge is 0.293 e. The van der Waals surface area contributed by atoms with Crippen LogP contribution < -0.4 is 16.7 Å². The summed E-state index contributed by atoms with van der Waals surface area (Å²) in [6, 6.07) is 0. The van der Waals surface area contributed by atoms with Crippen molar-refractivity contribution in [2.24, 2.45) is 11.8 Å². The van der Waals surface area contributed by atoms with Crippen molar-refractivity contribution in [3.05, 3.63) is 0 Å². The van der Waals surface area contributed by atoms with Crippen LogP contribution >= 0.6 is 0 Å². The lowest BCUT2D eigenvalue weighted by molar-refractivity contribution is 0.0735. The van der Waals surface area contributed by atoms with Gasteiger partial charge in [0.2, 0.25) is 5.96 Å². The highest BCUT2D eigenvalue weighted by molar-refractivity contribution is 5.74. The maximum atomic E-state index is 6.95. The summed E-state index contributed by atoms with van der Waals surface area (Å²) < 4.78 is 0. The third kappa shape index (κ3) is 7.08. The van der Waals surface area contributed by atoms with Crippen LogP contribution in [0.3, 0.4) is 0 Å². The number of hydrogen-bond acceptors (Lipinski definition) is 3. The molecule has 0 aromatic rings. The first-order chi connectivity index (χ1) is 5.16. The molecule has 0 fully saturated rings.